The highest BCUT2D eigenvalue weighted by Crippen LogP contribution is 2.28. The number of hydrogen-bond acceptors (Lipinski definition) is 2. The molecule has 1 aromatic carbocycles. The summed E-state index contributed by atoms with van der Waals surface area (Å²) in [7, 11) is 1.93. The van der Waals surface area contributed by atoms with E-state index < -0.39 is 0 Å². The Morgan fingerprint density at radius 3 is 2.78 bits per heavy atom. The minimum atomic E-state index is 0.114. The Balaban J connectivity index is 2.99. The van der Waals surface area contributed by atoms with E-state index in [9.17, 15) is 0 Å². The SMILES string of the molecule is CCC(=NC#N)N(C)C(C)c1ccc(Br)c(Cl)c1. The molecule has 0 saturated carbocycles. The van der Waals surface area contributed by atoms with Crippen LogP contribution in [-0.4, -0.2) is 17.8 Å². The van der Waals surface area contributed by atoms with Crippen molar-refractivity contribution >= 4 is 33.4 Å². The summed E-state index contributed by atoms with van der Waals surface area (Å²) < 4.78 is 0.879. The summed E-state index contributed by atoms with van der Waals surface area (Å²) >= 11 is 9.46. The maximum absolute atomic E-state index is 8.66. The van der Waals surface area contributed by atoms with Gasteiger partial charge in [-0.3, -0.25) is 0 Å². The third-order valence-electron chi connectivity index (χ3n) is 2.91. The van der Waals surface area contributed by atoms with Crippen LogP contribution in [0.3, 0.4) is 0 Å². The molecule has 5 heteroatoms. The van der Waals surface area contributed by atoms with E-state index in [1.165, 1.54) is 0 Å². The van der Waals surface area contributed by atoms with Crippen LogP contribution in [0.1, 0.15) is 31.9 Å². The molecule has 0 fully saturated rings. The molecular formula is C13H15BrClN3. The first-order chi connectivity index (χ1) is 8.51. The van der Waals surface area contributed by atoms with Crippen molar-refractivity contribution in [3.05, 3.63) is 33.3 Å². The highest BCUT2D eigenvalue weighted by atomic mass is 79.9. The Morgan fingerprint density at radius 2 is 2.28 bits per heavy atom. The van der Waals surface area contributed by atoms with E-state index in [2.05, 4.69) is 27.8 Å². The molecule has 0 amide bonds. The van der Waals surface area contributed by atoms with Crippen molar-refractivity contribution in [2.24, 2.45) is 4.99 Å². The molecule has 3 nitrogen and oxygen atoms in total. The topological polar surface area (TPSA) is 39.4 Å². The van der Waals surface area contributed by atoms with Gasteiger partial charge in [-0.2, -0.15) is 10.3 Å². The smallest absolute Gasteiger partial charge is 0.207 e. The second kappa shape index (κ2) is 6.77. The third kappa shape index (κ3) is 3.47. The van der Waals surface area contributed by atoms with Gasteiger partial charge < -0.3 is 4.90 Å². The van der Waals surface area contributed by atoms with Crippen LogP contribution < -0.4 is 0 Å². The van der Waals surface area contributed by atoms with E-state index in [1.807, 2.05) is 43.3 Å². The van der Waals surface area contributed by atoms with Gasteiger partial charge in [0.2, 0.25) is 6.19 Å². The van der Waals surface area contributed by atoms with Gasteiger partial charge in [0, 0.05) is 17.9 Å². The second-order valence-electron chi connectivity index (χ2n) is 3.94. The van der Waals surface area contributed by atoms with Gasteiger partial charge in [0.15, 0.2) is 0 Å². The van der Waals surface area contributed by atoms with Gasteiger partial charge in [0.05, 0.1) is 11.1 Å². The number of hydrogen-bond donors (Lipinski definition) is 0. The highest BCUT2D eigenvalue weighted by molar-refractivity contribution is 9.10. The fourth-order valence-electron chi connectivity index (χ4n) is 1.68. The van der Waals surface area contributed by atoms with Crippen LogP contribution in [0.25, 0.3) is 0 Å². The van der Waals surface area contributed by atoms with Crippen LogP contribution in [0, 0.1) is 11.5 Å². The fourth-order valence-corrected chi connectivity index (χ4v) is 2.12. The van der Waals surface area contributed by atoms with Crippen molar-refractivity contribution in [3.8, 4) is 6.19 Å². The van der Waals surface area contributed by atoms with Crippen molar-refractivity contribution in [2.75, 3.05) is 7.05 Å². The van der Waals surface area contributed by atoms with Crippen LogP contribution in [0.15, 0.2) is 27.7 Å². The van der Waals surface area contributed by atoms with Gasteiger partial charge in [0.25, 0.3) is 0 Å². The second-order valence-corrected chi connectivity index (χ2v) is 5.20. The van der Waals surface area contributed by atoms with Crippen LogP contribution in [-0.2, 0) is 0 Å². The molecule has 1 rings (SSSR count). The molecule has 18 heavy (non-hydrogen) atoms. The molecule has 0 aliphatic carbocycles. The Kier molecular flexibility index (Phi) is 5.64. The molecule has 0 heterocycles. The maximum Gasteiger partial charge on any atom is 0.207 e. The number of benzene rings is 1. The zero-order valence-corrected chi connectivity index (χ0v) is 13.0. The minimum Gasteiger partial charge on any atom is -0.356 e. The van der Waals surface area contributed by atoms with E-state index in [0.717, 1.165) is 22.3 Å². The number of halogens is 2. The molecule has 0 spiro atoms. The first-order valence-corrected chi connectivity index (χ1v) is 6.81. The lowest BCUT2D eigenvalue weighted by Gasteiger charge is -2.27. The molecule has 0 aliphatic heterocycles. The minimum absolute atomic E-state index is 0.114. The first kappa shape index (κ1) is 15.0. The summed E-state index contributed by atoms with van der Waals surface area (Å²) in [6.07, 6.45) is 2.56. The van der Waals surface area contributed by atoms with Crippen molar-refractivity contribution < 1.29 is 0 Å². The number of nitrogens with zero attached hydrogens (tertiary/aromatic N) is 3. The average Bonchev–Trinajstić information content (AvgIpc) is 2.37. The van der Waals surface area contributed by atoms with Crippen LogP contribution in [0.5, 0.6) is 0 Å². The number of amidine groups is 1. The number of nitriles is 1. The largest absolute Gasteiger partial charge is 0.356 e. The molecule has 0 radical (unpaired) electrons. The molecule has 96 valence electrons. The van der Waals surface area contributed by atoms with Gasteiger partial charge in [-0.05, 0) is 40.5 Å². The Morgan fingerprint density at radius 1 is 1.61 bits per heavy atom. The monoisotopic (exact) mass is 327 g/mol. The van der Waals surface area contributed by atoms with Crippen molar-refractivity contribution in [1.29, 1.82) is 5.26 Å². The average molecular weight is 329 g/mol. The van der Waals surface area contributed by atoms with E-state index in [0.29, 0.717) is 5.02 Å². The highest BCUT2D eigenvalue weighted by Gasteiger charge is 2.15. The summed E-state index contributed by atoms with van der Waals surface area (Å²) in [5.74, 6) is 0.768. The van der Waals surface area contributed by atoms with Gasteiger partial charge in [0.1, 0.15) is 5.84 Å². The van der Waals surface area contributed by atoms with E-state index in [1.54, 1.807) is 0 Å². The third-order valence-corrected chi connectivity index (χ3v) is 4.14. The Bertz CT molecular complexity index is 493. The van der Waals surface area contributed by atoms with Crippen molar-refractivity contribution in [3.63, 3.8) is 0 Å². The predicted octanol–water partition coefficient (Wildman–Crippen LogP) is 4.38. The number of rotatable bonds is 3. The molecule has 0 N–H and O–H groups in total. The fraction of sp³-hybridized carbons (Fsp3) is 0.385. The molecule has 0 aromatic heterocycles. The van der Waals surface area contributed by atoms with Crippen LogP contribution >= 0.6 is 27.5 Å². The van der Waals surface area contributed by atoms with Crippen LogP contribution in [0.4, 0.5) is 0 Å². The van der Waals surface area contributed by atoms with Crippen LogP contribution in [0.2, 0.25) is 5.02 Å². The van der Waals surface area contributed by atoms with Gasteiger partial charge in [-0.15, -0.1) is 0 Å². The zero-order chi connectivity index (χ0) is 13.7. The standard InChI is InChI=1S/C13H15BrClN3/c1-4-13(17-8-16)18(3)9(2)10-5-6-11(14)12(15)7-10/h5-7,9H,4H2,1-3H3. The normalized spacial score (nSPS) is 13.0. The lowest BCUT2D eigenvalue weighted by molar-refractivity contribution is 0.395. The quantitative estimate of drug-likeness (QED) is 0.469. The number of aliphatic imine (C=N–C) groups is 1. The Labute approximate surface area is 121 Å². The van der Waals surface area contributed by atoms with Crippen molar-refractivity contribution in [1.82, 2.24) is 4.90 Å². The molecule has 0 aliphatic rings. The Hall–Kier alpha value is -1.05. The van der Waals surface area contributed by atoms with E-state index in [4.69, 9.17) is 16.9 Å². The maximum atomic E-state index is 8.66. The predicted molar refractivity (Wildman–Crippen MR) is 78.7 cm³/mol. The summed E-state index contributed by atoms with van der Waals surface area (Å²) in [6, 6.07) is 5.97. The summed E-state index contributed by atoms with van der Waals surface area (Å²) in [4.78, 5) is 5.82. The summed E-state index contributed by atoms with van der Waals surface area (Å²) in [6.45, 7) is 4.04. The lowest BCUT2D eigenvalue weighted by Crippen LogP contribution is -2.29. The molecular weight excluding hydrogens is 314 g/mol. The first-order valence-electron chi connectivity index (χ1n) is 5.64. The lowest BCUT2D eigenvalue weighted by atomic mass is 10.1. The molecule has 0 bridgehead atoms. The molecule has 1 atom stereocenters. The van der Waals surface area contributed by atoms with E-state index in [-0.39, 0.29) is 6.04 Å². The summed E-state index contributed by atoms with van der Waals surface area (Å²) in [5.41, 5.74) is 1.09. The van der Waals surface area contributed by atoms with Crippen molar-refractivity contribution in [2.45, 2.75) is 26.3 Å². The van der Waals surface area contributed by atoms with E-state index >= 15 is 0 Å². The van der Waals surface area contributed by atoms with Gasteiger partial charge in [-0.1, -0.05) is 24.6 Å². The molecule has 1 aromatic rings. The molecule has 1 unspecified atom stereocenters. The zero-order valence-electron chi connectivity index (χ0n) is 10.6. The molecule has 0 saturated heterocycles. The summed E-state index contributed by atoms with van der Waals surface area (Å²) in [5, 5.41) is 9.34. The van der Waals surface area contributed by atoms with Gasteiger partial charge >= 0.3 is 0 Å². The van der Waals surface area contributed by atoms with Gasteiger partial charge in [-0.25, -0.2) is 0 Å².